The Morgan fingerprint density at radius 1 is 0.833 bits per heavy atom. The molecule has 2 aromatic carbocycles. The van der Waals surface area contributed by atoms with Crippen LogP contribution in [0.2, 0.25) is 5.02 Å². The largest absolute Gasteiger partial charge is 0.444 e. The molecule has 2 amide bonds. The Balaban J connectivity index is 1.04. The molecule has 5 rings (SSSR count). The number of unbranched alkanes of at least 4 members (excludes halogenated alkanes) is 3. The van der Waals surface area contributed by atoms with Crippen molar-refractivity contribution in [3.63, 3.8) is 0 Å². The minimum absolute atomic E-state index is 0.0458. The van der Waals surface area contributed by atoms with Gasteiger partial charge in [0.1, 0.15) is 5.60 Å². The summed E-state index contributed by atoms with van der Waals surface area (Å²) in [5, 5.41) is 6.59. The molecule has 1 aliphatic heterocycles. The summed E-state index contributed by atoms with van der Waals surface area (Å²) in [5.74, 6) is 0.324. The van der Waals surface area contributed by atoms with E-state index >= 15 is 0 Å². The van der Waals surface area contributed by atoms with Crippen molar-refractivity contribution >= 4 is 40.9 Å². The van der Waals surface area contributed by atoms with Crippen LogP contribution in [0.1, 0.15) is 52.9 Å². The first-order chi connectivity index (χ1) is 23.1. The van der Waals surface area contributed by atoms with Crippen molar-refractivity contribution in [2.45, 2.75) is 58.5 Å². The summed E-state index contributed by atoms with van der Waals surface area (Å²) < 4.78 is 5.48. The molecule has 2 aromatic heterocycles. The average Bonchev–Trinajstić information content (AvgIpc) is 3.07. The highest BCUT2D eigenvalue weighted by atomic mass is 35.5. The molecule has 3 heterocycles. The van der Waals surface area contributed by atoms with Crippen molar-refractivity contribution in [3.05, 3.63) is 84.3 Å². The molecule has 0 saturated carbocycles. The molecule has 0 atom stereocenters. The Hall–Kier alpha value is -4.54. The quantitative estimate of drug-likeness (QED) is 0.146. The molecule has 4 aromatic rings. The Morgan fingerprint density at radius 3 is 2.31 bits per heavy atom. The molecule has 252 valence electrons. The number of piperazine rings is 1. The molecule has 1 aliphatic rings. The third-order valence-electron chi connectivity index (χ3n) is 7.92. The van der Waals surface area contributed by atoms with Crippen LogP contribution in [0.25, 0.3) is 22.4 Å². The normalized spacial score (nSPS) is 13.6. The second kappa shape index (κ2) is 16.5. The van der Waals surface area contributed by atoms with Crippen LogP contribution in [0.3, 0.4) is 0 Å². The molecule has 1 fully saturated rings. The SMILES string of the molecule is CC(C)(C)OC(=O)N1CCN(CCCCCCC(=O)Nc2cncc(Nc3ncc(Cl)c(-c4cccc(-c5ccccc5)c4)n3)c2)CC1. The third-order valence-corrected chi connectivity index (χ3v) is 8.19. The molecule has 0 aliphatic carbocycles. The van der Waals surface area contributed by atoms with E-state index in [1.807, 2.05) is 51.1 Å². The van der Waals surface area contributed by atoms with Crippen molar-refractivity contribution in [1.82, 2.24) is 24.8 Å². The van der Waals surface area contributed by atoms with E-state index in [4.69, 9.17) is 16.3 Å². The Kier molecular flexibility index (Phi) is 12.0. The van der Waals surface area contributed by atoms with Gasteiger partial charge in [0.15, 0.2) is 0 Å². The van der Waals surface area contributed by atoms with E-state index in [0.29, 0.717) is 47.6 Å². The fraction of sp³-hybridized carbons (Fsp3) is 0.378. The van der Waals surface area contributed by atoms with Gasteiger partial charge in [0.25, 0.3) is 0 Å². The van der Waals surface area contributed by atoms with E-state index in [1.54, 1.807) is 29.6 Å². The fourth-order valence-corrected chi connectivity index (χ4v) is 5.69. The highest BCUT2D eigenvalue weighted by Crippen LogP contribution is 2.30. The van der Waals surface area contributed by atoms with Gasteiger partial charge < -0.3 is 20.3 Å². The van der Waals surface area contributed by atoms with Crippen molar-refractivity contribution in [1.29, 1.82) is 0 Å². The van der Waals surface area contributed by atoms with Gasteiger partial charge in [-0.2, -0.15) is 0 Å². The highest BCUT2D eigenvalue weighted by Gasteiger charge is 2.25. The molecular weight excluding hydrogens is 626 g/mol. The third kappa shape index (κ3) is 10.5. The Labute approximate surface area is 287 Å². The molecular formula is C37H44ClN7O3. The molecule has 0 bridgehead atoms. The number of hydrogen-bond donors (Lipinski definition) is 2. The van der Waals surface area contributed by atoms with Crippen molar-refractivity contribution < 1.29 is 14.3 Å². The minimum Gasteiger partial charge on any atom is -0.444 e. The second-order valence-corrected chi connectivity index (χ2v) is 13.4. The van der Waals surface area contributed by atoms with Crippen LogP contribution in [-0.4, -0.2) is 75.1 Å². The van der Waals surface area contributed by atoms with Crippen LogP contribution in [0.4, 0.5) is 22.1 Å². The van der Waals surface area contributed by atoms with E-state index in [-0.39, 0.29) is 12.0 Å². The lowest BCUT2D eigenvalue weighted by molar-refractivity contribution is -0.116. The maximum absolute atomic E-state index is 12.7. The number of ether oxygens (including phenoxy) is 1. The number of aromatic nitrogens is 3. The standard InChI is InChI=1S/C37H44ClN7O3/c1-37(2,3)48-36(47)45-20-18-44(19-21-45)17-10-5-4-9-16-33(46)41-30-23-31(25-39-24-30)42-35-40-26-32(38)34(43-35)29-15-11-14-28(22-29)27-12-7-6-8-13-27/h6-8,11-15,22-26H,4-5,9-10,16-21H2,1-3H3,(H,41,46)(H,40,42,43). The number of benzene rings is 2. The lowest BCUT2D eigenvalue weighted by Gasteiger charge is -2.35. The molecule has 1 saturated heterocycles. The zero-order valence-corrected chi connectivity index (χ0v) is 28.7. The minimum atomic E-state index is -0.473. The van der Waals surface area contributed by atoms with Crippen molar-refractivity contribution in [3.8, 4) is 22.4 Å². The van der Waals surface area contributed by atoms with Crippen LogP contribution < -0.4 is 10.6 Å². The van der Waals surface area contributed by atoms with Crippen LogP contribution in [0.15, 0.2) is 79.3 Å². The number of nitrogens with one attached hydrogen (secondary N) is 2. The predicted molar refractivity (Wildman–Crippen MR) is 191 cm³/mol. The molecule has 10 nitrogen and oxygen atoms in total. The first-order valence-electron chi connectivity index (χ1n) is 16.5. The number of hydrogen-bond acceptors (Lipinski definition) is 8. The van der Waals surface area contributed by atoms with E-state index < -0.39 is 5.60 Å². The van der Waals surface area contributed by atoms with Gasteiger partial charge in [0.05, 0.1) is 40.7 Å². The first kappa shape index (κ1) is 34.8. The number of amides is 2. The Morgan fingerprint density at radius 2 is 1.54 bits per heavy atom. The van der Waals surface area contributed by atoms with Crippen LogP contribution in [-0.2, 0) is 9.53 Å². The predicted octanol–water partition coefficient (Wildman–Crippen LogP) is 8.04. The number of nitrogens with zero attached hydrogens (tertiary/aromatic N) is 5. The number of pyridine rings is 1. The van der Waals surface area contributed by atoms with Crippen LogP contribution >= 0.6 is 11.6 Å². The maximum atomic E-state index is 12.7. The van der Waals surface area contributed by atoms with Gasteiger partial charge >= 0.3 is 6.09 Å². The number of halogens is 1. The average molecular weight is 670 g/mol. The lowest BCUT2D eigenvalue weighted by Crippen LogP contribution is -2.50. The summed E-state index contributed by atoms with van der Waals surface area (Å²) >= 11 is 6.52. The van der Waals surface area contributed by atoms with Crippen molar-refractivity contribution in [2.75, 3.05) is 43.4 Å². The first-order valence-corrected chi connectivity index (χ1v) is 16.9. The summed E-state index contributed by atoms with van der Waals surface area (Å²) in [5.41, 5.74) is 4.44. The number of carbonyl (C=O) groups excluding carboxylic acids is 2. The van der Waals surface area contributed by atoms with Gasteiger partial charge in [-0.3, -0.25) is 14.7 Å². The molecule has 0 radical (unpaired) electrons. The smallest absolute Gasteiger partial charge is 0.410 e. The summed E-state index contributed by atoms with van der Waals surface area (Å²) in [6, 6.07) is 20.0. The second-order valence-electron chi connectivity index (χ2n) is 12.9. The maximum Gasteiger partial charge on any atom is 0.410 e. The lowest BCUT2D eigenvalue weighted by atomic mass is 10.0. The van der Waals surface area contributed by atoms with Gasteiger partial charge in [-0.05, 0) is 63.4 Å². The summed E-state index contributed by atoms with van der Waals surface area (Å²) in [6.07, 6.45) is 8.98. The highest BCUT2D eigenvalue weighted by molar-refractivity contribution is 6.32. The number of rotatable bonds is 12. The van der Waals surface area contributed by atoms with Gasteiger partial charge in [0.2, 0.25) is 11.9 Å². The Bertz CT molecular complexity index is 1670. The van der Waals surface area contributed by atoms with Gasteiger partial charge in [0, 0.05) is 38.2 Å². The van der Waals surface area contributed by atoms with Gasteiger partial charge in [-0.1, -0.05) is 73.0 Å². The number of carbonyl (C=O) groups is 2. The molecule has 2 N–H and O–H groups in total. The molecule has 48 heavy (non-hydrogen) atoms. The molecule has 0 unspecified atom stereocenters. The zero-order valence-electron chi connectivity index (χ0n) is 27.9. The van der Waals surface area contributed by atoms with Gasteiger partial charge in [-0.25, -0.2) is 14.8 Å². The van der Waals surface area contributed by atoms with Crippen LogP contribution in [0, 0.1) is 0 Å². The van der Waals surface area contributed by atoms with E-state index in [0.717, 1.165) is 62.0 Å². The van der Waals surface area contributed by atoms with Gasteiger partial charge in [-0.15, -0.1) is 0 Å². The van der Waals surface area contributed by atoms with E-state index in [9.17, 15) is 9.59 Å². The van der Waals surface area contributed by atoms with Crippen molar-refractivity contribution in [2.24, 2.45) is 0 Å². The van der Waals surface area contributed by atoms with E-state index in [2.05, 4.69) is 54.8 Å². The van der Waals surface area contributed by atoms with Crippen LogP contribution in [0.5, 0.6) is 0 Å². The fourth-order valence-electron chi connectivity index (χ4n) is 5.49. The topological polar surface area (TPSA) is 113 Å². The van der Waals surface area contributed by atoms with E-state index in [1.165, 1.54) is 0 Å². The zero-order chi connectivity index (χ0) is 33.9. The molecule has 0 spiro atoms. The molecule has 11 heteroatoms. The monoisotopic (exact) mass is 669 g/mol. The summed E-state index contributed by atoms with van der Waals surface area (Å²) in [6.45, 7) is 9.77. The number of anilines is 3. The summed E-state index contributed by atoms with van der Waals surface area (Å²) in [4.78, 5) is 42.4. The summed E-state index contributed by atoms with van der Waals surface area (Å²) in [7, 11) is 0.